The fourth-order valence-corrected chi connectivity index (χ4v) is 4.60. The van der Waals surface area contributed by atoms with Gasteiger partial charge in [0.25, 0.3) is 5.56 Å². The van der Waals surface area contributed by atoms with Gasteiger partial charge < -0.3 is 19.8 Å². The van der Waals surface area contributed by atoms with Crippen LogP contribution in [-0.2, 0) is 13.1 Å². The van der Waals surface area contributed by atoms with Gasteiger partial charge in [-0.15, -0.1) is 0 Å². The molecule has 0 aliphatic heterocycles. The molecule has 5 heterocycles. The van der Waals surface area contributed by atoms with Gasteiger partial charge in [-0.2, -0.15) is 14.6 Å². The van der Waals surface area contributed by atoms with Crippen molar-refractivity contribution in [3.63, 3.8) is 0 Å². The predicted octanol–water partition coefficient (Wildman–Crippen LogP) is 4.90. The Kier molecular flexibility index (Phi) is 8.92. The molecule has 13 nitrogen and oxygen atoms in total. The molecule has 0 aliphatic carbocycles. The molecule has 0 aliphatic rings. The van der Waals surface area contributed by atoms with Crippen LogP contribution < -0.4 is 11.3 Å². The van der Waals surface area contributed by atoms with Crippen LogP contribution >= 0.6 is 0 Å². The van der Waals surface area contributed by atoms with Crippen LogP contribution in [0.5, 0.6) is 0 Å². The van der Waals surface area contributed by atoms with Crippen molar-refractivity contribution in [1.82, 2.24) is 39.8 Å². The molecule has 0 spiro atoms. The number of halogens is 5. The number of hydrogen-bond acceptors (Lipinski definition) is 9. The Bertz CT molecular complexity index is 2310. The maximum absolute atomic E-state index is 14.0. The Morgan fingerprint density at radius 3 is 1.82 bits per heavy atom. The molecule has 2 aromatic carbocycles. The molecule has 0 bridgehead atoms. The second-order valence-electron chi connectivity index (χ2n) is 10.2. The number of nitrogen functional groups attached to an aromatic ring is 1. The normalized spacial score (nSPS) is 11.0. The van der Waals surface area contributed by atoms with Crippen molar-refractivity contribution in [2.75, 3.05) is 0 Å². The van der Waals surface area contributed by atoms with Crippen LogP contribution in [0.3, 0.4) is 0 Å². The highest BCUT2D eigenvalue weighted by molar-refractivity contribution is 5.94. The van der Waals surface area contributed by atoms with E-state index in [0.29, 0.717) is 22.8 Å². The summed E-state index contributed by atoms with van der Waals surface area (Å²) < 4.78 is 80.1. The standard InChI is InChI=1S/C17H10F3N5O2.C14H11F2N5O/c18-10-3-1-2-9(15(10)20)8-25-14(12-4-5-27-24-12)6-13(23-25)16-21-7-11(19)17(26)22-16;15-9-3-1-2-8(13(9)16)7-21-12(10-4-5-22-20-10)6-11(19-21)14(17)18/h1-7H,8H2,(H,21,22,26);1-6H,7H2,(H3,17,18). The van der Waals surface area contributed by atoms with Crippen molar-refractivity contribution < 1.29 is 31.0 Å². The molecule has 7 rings (SSSR count). The summed E-state index contributed by atoms with van der Waals surface area (Å²) in [6.45, 7) is -0.143. The number of aromatic nitrogens is 8. The zero-order valence-electron chi connectivity index (χ0n) is 24.7. The molecule has 248 valence electrons. The Morgan fingerprint density at radius 1 is 0.755 bits per heavy atom. The van der Waals surface area contributed by atoms with Crippen molar-refractivity contribution in [3.8, 4) is 34.3 Å². The second kappa shape index (κ2) is 13.6. The van der Waals surface area contributed by atoms with E-state index in [1.54, 1.807) is 12.1 Å². The molecule has 0 radical (unpaired) electrons. The molecular weight excluding hydrogens is 655 g/mol. The van der Waals surface area contributed by atoms with Gasteiger partial charge in [0, 0.05) is 23.3 Å². The van der Waals surface area contributed by atoms with Gasteiger partial charge in [-0.25, -0.2) is 22.5 Å². The van der Waals surface area contributed by atoms with Crippen molar-refractivity contribution in [3.05, 3.63) is 136 Å². The molecule has 5 aromatic heterocycles. The molecule has 0 atom stereocenters. The highest BCUT2D eigenvalue weighted by atomic mass is 19.2. The molecule has 7 aromatic rings. The minimum atomic E-state index is -1.03. The third-order valence-electron chi connectivity index (χ3n) is 6.94. The molecule has 0 unspecified atom stereocenters. The van der Waals surface area contributed by atoms with Gasteiger partial charge in [0.1, 0.15) is 41.1 Å². The Hall–Kier alpha value is -6.72. The first-order chi connectivity index (χ1) is 23.6. The van der Waals surface area contributed by atoms with Gasteiger partial charge >= 0.3 is 0 Å². The molecule has 4 N–H and O–H groups in total. The first-order valence-corrected chi connectivity index (χ1v) is 14.0. The lowest BCUT2D eigenvalue weighted by Crippen LogP contribution is -2.13. The summed E-state index contributed by atoms with van der Waals surface area (Å²) in [6, 6.07) is 13.9. The number of hydrogen-bond donors (Lipinski definition) is 3. The van der Waals surface area contributed by atoms with Crippen LogP contribution in [-0.4, -0.2) is 45.7 Å². The van der Waals surface area contributed by atoms with Crippen LogP contribution in [0.4, 0.5) is 22.0 Å². The lowest BCUT2D eigenvalue weighted by atomic mass is 10.2. The van der Waals surface area contributed by atoms with Crippen molar-refractivity contribution in [2.45, 2.75) is 13.1 Å². The van der Waals surface area contributed by atoms with Crippen LogP contribution in [0, 0.1) is 34.5 Å². The quantitative estimate of drug-likeness (QED) is 0.114. The number of aromatic amines is 1. The lowest BCUT2D eigenvalue weighted by Gasteiger charge is -2.07. The number of nitrogens with two attached hydrogens (primary N) is 1. The minimum absolute atomic E-state index is 0.0182. The van der Waals surface area contributed by atoms with Crippen LogP contribution in [0.25, 0.3) is 34.3 Å². The average Bonchev–Trinajstić information content (AvgIpc) is 3.91. The summed E-state index contributed by atoms with van der Waals surface area (Å²) in [5, 5.41) is 23.4. The number of amidine groups is 1. The van der Waals surface area contributed by atoms with Gasteiger partial charge in [0.2, 0.25) is 5.82 Å². The highest BCUT2D eigenvalue weighted by Gasteiger charge is 2.19. The van der Waals surface area contributed by atoms with Crippen molar-refractivity contribution in [1.29, 1.82) is 5.41 Å². The maximum Gasteiger partial charge on any atom is 0.287 e. The van der Waals surface area contributed by atoms with E-state index in [0.717, 1.165) is 18.3 Å². The molecular formula is C31H21F5N10O3. The van der Waals surface area contributed by atoms with Gasteiger partial charge in [0.05, 0.1) is 30.7 Å². The van der Waals surface area contributed by atoms with E-state index in [1.807, 2.05) is 0 Å². The fraction of sp³-hybridized carbons (Fsp3) is 0.0645. The SMILES string of the molecule is N=C(N)c1cc(-c2ccon2)n(Cc2cccc(F)c2F)n1.O=c1[nH]c(-c2cc(-c3ccon3)n(Cc3cccc(F)c3F)n2)ncc1F. The summed E-state index contributed by atoms with van der Waals surface area (Å²) in [5.74, 6) is -5.08. The zero-order chi connectivity index (χ0) is 34.7. The summed E-state index contributed by atoms with van der Waals surface area (Å²) >= 11 is 0. The number of benzene rings is 2. The molecule has 0 amide bonds. The third-order valence-corrected chi connectivity index (χ3v) is 6.94. The van der Waals surface area contributed by atoms with Crippen LogP contribution in [0.1, 0.15) is 16.8 Å². The number of nitrogens with one attached hydrogen (secondary N) is 2. The Balaban J connectivity index is 0.000000174. The minimum Gasteiger partial charge on any atom is -0.382 e. The number of rotatable bonds is 8. The predicted molar refractivity (Wildman–Crippen MR) is 161 cm³/mol. The maximum atomic E-state index is 14.0. The van der Waals surface area contributed by atoms with Crippen LogP contribution in [0.15, 0.2) is 93.2 Å². The van der Waals surface area contributed by atoms with E-state index in [9.17, 15) is 26.7 Å². The summed E-state index contributed by atoms with van der Waals surface area (Å²) in [6.07, 6.45) is 3.49. The zero-order valence-corrected chi connectivity index (χ0v) is 24.7. The Labute approximate surface area is 270 Å². The Morgan fingerprint density at radius 2 is 1.31 bits per heavy atom. The third kappa shape index (κ3) is 6.87. The largest absolute Gasteiger partial charge is 0.382 e. The topological polar surface area (TPSA) is 183 Å². The monoisotopic (exact) mass is 676 g/mol. The molecule has 18 heteroatoms. The van der Waals surface area contributed by atoms with E-state index >= 15 is 0 Å². The van der Waals surface area contributed by atoms with E-state index in [4.69, 9.17) is 20.2 Å². The van der Waals surface area contributed by atoms with E-state index in [-0.39, 0.29) is 47.3 Å². The van der Waals surface area contributed by atoms with Crippen LogP contribution in [0.2, 0.25) is 0 Å². The first-order valence-electron chi connectivity index (χ1n) is 14.0. The fourth-order valence-electron chi connectivity index (χ4n) is 4.60. The lowest BCUT2D eigenvalue weighted by molar-refractivity contribution is 0.421. The summed E-state index contributed by atoms with van der Waals surface area (Å²) in [5.41, 5.74) is 6.82. The summed E-state index contributed by atoms with van der Waals surface area (Å²) in [7, 11) is 0. The van der Waals surface area contributed by atoms with E-state index < -0.39 is 34.6 Å². The molecule has 49 heavy (non-hydrogen) atoms. The number of H-pyrrole nitrogens is 1. The molecule has 0 fully saturated rings. The van der Waals surface area contributed by atoms with E-state index in [1.165, 1.54) is 58.3 Å². The smallest absolute Gasteiger partial charge is 0.287 e. The molecule has 0 saturated carbocycles. The summed E-state index contributed by atoms with van der Waals surface area (Å²) in [4.78, 5) is 17.5. The first kappa shape index (κ1) is 32.2. The average molecular weight is 677 g/mol. The van der Waals surface area contributed by atoms with E-state index in [2.05, 4.69) is 30.5 Å². The van der Waals surface area contributed by atoms with Gasteiger partial charge in [0.15, 0.2) is 29.1 Å². The van der Waals surface area contributed by atoms with Crippen molar-refractivity contribution in [2.24, 2.45) is 5.73 Å². The molecule has 0 saturated heterocycles. The number of nitrogens with zero attached hydrogens (tertiary/aromatic N) is 7. The second-order valence-corrected chi connectivity index (χ2v) is 10.2. The van der Waals surface area contributed by atoms with Gasteiger partial charge in [-0.1, -0.05) is 34.6 Å². The highest BCUT2D eigenvalue weighted by Crippen LogP contribution is 2.25. The van der Waals surface area contributed by atoms with Gasteiger partial charge in [-0.05, 0) is 24.3 Å². The van der Waals surface area contributed by atoms with Crippen molar-refractivity contribution >= 4 is 5.84 Å². The van der Waals surface area contributed by atoms with Gasteiger partial charge in [-0.3, -0.25) is 19.6 Å².